The van der Waals surface area contributed by atoms with Crippen molar-refractivity contribution in [3.8, 4) is 0 Å². The van der Waals surface area contributed by atoms with Gasteiger partial charge in [0.2, 0.25) is 0 Å². The number of halogens is 2. The van der Waals surface area contributed by atoms with Crippen molar-refractivity contribution in [3.63, 3.8) is 0 Å². The third kappa shape index (κ3) is 3.15. The molecule has 0 aliphatic rings. The molecule has 0 bridgehead atoms. The number of hydrogen-bond donors (Lipinski definition) is 0. The van der Waals surface area contributed by atoms with Crippen LogP contribution < -0.4 is 0 Å². The Balaban J connectivity index is 2.67. The van der Waals surface area contributed by atoms with Crippen molar-refractivity contribution in [3.05, 3.63) is 22.4 Å². The molecule has 0 aliphatic heterocycles. The van der Waals surface area contributed by atoms with Gasteiger partial charge in [-0.2, -0.15) is 11.3 Å². The molecule has 0 amide bonds. The predicted molar refractivity (Wildman–Crippen MR) is 66.8 cm³/mol. The summed E-state index contributed by atoms with van der Waals surface area (Å²) in [5.74, 6) is 1.31. The molecule has 0 fully saturated rings. The molecule has 1 aromatic rings. The minimum absolute atomic E-state index is 0.0962. The summed E-state index contributed by atoms with van der Waals surface area (Å²) in [6.45, 7) is 2.18. The van der Waals surface area contributed by atoms with Gasteiger partial charge in [-0.05, 0) is 35.2 Å². The van der Waals surface area contributed by atoms with E-state index < -0.39 is 0 Å². The van der Waals surface area contributed by atoms with Crippen LogP contribution in [0.3, 0.4) is 0 Å². The third-order valence-corrected chi connectivity index (χ3v) is 4.37. The summed E-state index contributed by atoms with van der Waals surface area (Å²) in [7, 11) is 0. The Labute approximate surface area is 100 Å². The fraction of sp³-hybridized carbons (Fsp3) is 0.636. The minimum atomic E-state index is 0.0962. The van der Waals surface area contributed by atoms with Gasteiger partial charge in [0, 0.05) is 17.2 Å². The number of alkyl halides is 2. The zero-order chi connectivity index (χ0) is 10.4. The second-order valence-electron chi connectivity index (χ2n) is 3.83. The molecule has 0 atom stereocenters. The monoisotopic (exact) mass is 250 g/mol. The first-order valence-corrected chi connectivity index (χ1v) is 6.90. The molecule has 1 aromatic heterocycles. The molecule has 1 rings (SSSR count). The summed E-state index contributed by atoms with van der Waals surface area (Å²) in [5, 5.41) is 4.29. The quantitative estimate of drug-likeness (QED) is 0.650. The standard InChI is InChI=1S/C11H16Cl2S/c1-2-4-11(8-12,9-13)6-10-3-5-14-7-10/h3,5,7H,2,4,6,8-9H2,1H3. The van der Waals surface area contributed by atoms with E-state index in [0.717, 1.165) is 19.3 Å². The van der Waals surface area contributed by atoms with Gasteiger partial charge in [0.05, 0.1) is 0 Å². The van der Waals surface area contributed by atoms with E-state index >= 15 is 0 Å². The molecule has 0 aromatic carbocycles. The molecule has 0 unspecified atom stereocenters. The summed E-state index contributed by atoms with van der Waals surface area (Å²) in [4.78, 5) is 0. The molecule has 0 radical (unpaired) electrons. The van der Waals surface area contributed by atoms with Crippen molar-refractivity contribution in [2.45, 2.75) is 26.2 Å². The molecule has 0 aliphatic carbocycles. The van der Waals surface area contributed by atoms with Crippen LogP contribution in [0.15, 0.2) is 16.8 Å². The fourth-order valence-electron chi connectivity index (χ4n) is 1.71. The van der Waals surface area contributed by atoms with E-state index in [1.807, 2.05) is 0 Å². The van der Waals surface area contributed by atoms with E-state index in [1.54, 1.807) is 11.3 Å². The maximum absolute atomic E-state index is 6.04. The summed E-state index contributed by atoms with van der Waals surface area (Å²) < 4.78 is 0. The normalized spacial score (nSPS) is 11.9. The Morgan fingerprint density at radius 2 is 2.07 bits per heavy atom. The minimum Gasteiger partial charge on any atom is -0.152 e. The van der Waals surface area contributed by atoms with Crippen LogP contribution in [0.5, 0.6) is 0 Å². The van der Waals surface area contributed by atoms with Crippen molar-refractivity contribution in [2.75, 3.05) is 11.8 Å². The molecule has 3 heteroatoms. The van der Waals surface area contributed by atoms with Gasteiger partial charge >= 0.3 is 0 Å². The topological polar surface area (TPSA) is 0 Å². The van der Waals surface area contributed by atoms with Gasteiger partial charge < -0.3 is 0 Å². The predicted octanol–water partition coefficient (Wildman–Crippen LogP) is 4.55. The third-order valence-electron chi connectivity index (χ3n) is 2.51. The fourth-order valence-corrected chi connectivity index (χ4v) is 3.12. The largest absolute Gasteiger partial charge is 0.152 e. The lowest BCUT2D eigenvalue weighted by molar-refractivity contribution is 0.341. The average molecular weight is 251 g/mol. The van der Waals surface area contributed by atoms with Crippen molar-refractivity contribution in [1.29, 1.82) is 0 Å². The Bertz CT molecular complexity index is 240. The molecule has 0 saturated heterocycles. The lowest BCUT2D eigenvalue weighted by Gasteiger charge is -2.28. The van der Waals surface area contributed by atoms with E-state index in [9.17, 15) is 0 Å². The Kier molecular flexibility index (Phi) is 5.29. The zero-order valence-corrected chi connectivity index (χ0v) is 10.8. The second kappa shape index (κ2) is 5.99. The van der Waals surface area contributed by atoms with Crippen LogP contribution in [0.4, 0.5) is 0 Å². The molecular weight excluding hydrogens is 235 g/mol. The van der Waals surface area contributed by atoms with Crippen molar-refractivity contribution in [1.82, 2.24) is 0 Å². The lowest BCUT2D eigenvalue weighted by Crippen LogP contribution is -2.27. The van der Waals surface area contributed by atoms with Crippen LogP contribution >= 0.6 is 34.5 Å². The Morgan fingerprint density at radius 3 is 2.50 bits per heavy atom. The first kappa shape index (κ1) is 12.4. The summed E-state index contributed by atoms with van der Waals surface area (Å²) in [6.07, 6.45) is 3.26. The zero-order valence-electron chi connectivity index (χ0n) is 8.43. The Hall–Kier alpha value is 0.280. The maximum atomic E-state index is 6.04. The summed E-state index contributed by atoms with van der Waals surface area (Å²) in [5.41, 5.74) is 1.46. The van der Waals surface area contributed by atoms with Crippen molar-refractivity contribution in [2.24, 2.45) is 5.41 Å². The van der Waals surface area contributed by atoms with Crippen LogP contribution in [0.2, 0.25) is 0 Å². The van der Waals surface area contributed by atoms with Gasteiger partial charge in [-0.15, -0.1) is 23.2 Å². The highest BCUT2D eigenvalue weighted by molar-refractivity contribution is 7.07. The van der Waals surface area contributed by atoms with Crippen LogP contribution in [-0.4, -0.2) is 11.8 Å². The Morgan fingerprint density at radius 1 is 1.36 bits per heavy atom. The molecule has 14 heavy (non-hydrogen) atoms. The second-order valence-corrected chi connectivity index (χ2v) is 5.14. The lowest BCUT2D eigenvalue weighted by atomic mass is 9.82. The van der Waals surface area contributed by atoms with Gasteiger partial charge in [0.25, 0.3) is 0 Å². The number of rotatable bonds is 6. The number of hydrogen-bond acceptors (Lipinski definition) is 1. The highest BCUT2D eigenvalue weighted by Gasteiger charge is 2.27. The van der Waals surface area contributed by atoms with Crippen molar-refractivity contribution < 1.29 is 0 Å². The van der Waals surface area contributed by atoms with Gasteiger partial charge in [0.15, 0.2) is 0 Å². The average Bonchev–Trinajstić information content (AvgIpc) is 2.69. The summed E-state index contributed by atoms with van der Waals surface area (Å²) in [6, 6.07) is 2.16. The van der Waals surface area contributed by atoms with Gasteiger partial charge in [-0.25, -0.2) is 0 Å². The molecular formula is C11H16Cl2S. The first-order valence-electron chi connectivity index (χ1n) is 4.89. The van der Waals surface area contributed by atoms with E-state index in [-0.39, 0.29) is 5.41 Å². The van der Waals surface area contributed by atoms with E-state index in [4.69, 9.17) is 23.2 Å². The van der Waals surface area contributed by atoms with Crippen LogP contribution in [-0.2, 0) is 6.42 Å². The van der Waals surface area contributed by atoms with Gasteiger partial charge in [-0.3, -0.25) is 0 Å². The SMILES string of the molecule is CCCC(CCl)(CCl)Cc1ccsc1. The molecule has 80 valence electrons. The summed E-state index contributed by atoms with van der Waals surface area (Å²) >= 11 is 13.8. The molecule has 0 saturated carbocycles. The molecule has 0 N–H and O–H groups in total. The van der Waals surface area contributed by atoms with Crippen LogP contribution in [0.25, 0.3) is 0 Å². The molecule has 0 nitrogen and oxygen atoms in total. The smallest absolute Gasteiger partial charge is 0.0294 e. The van der Waals surface area contributed by atoms with Gasteiger partial charge in [0.1, 0.15) is 0 Å². The van der Waals surface area contributed by atoms with E-state index in [2.05, 4.69) is 23.8 Å². The maximum Gasteiger partial charge on any atom is 0.0294 e. The first-order chi connectivity index (χ1) is 6.76. The van der Waals surface area contributed by atoms with Crippen molar-refractivity contribution >= 4 is 34.5 Å². The number of thiophene rings is 1. The highest BCUT2D eigenvalue weighted by Crippen LogP contribution is 2.32. The van der Waals surface area contributed by atoms with Crippen LogP contribution in [0.1, 0.15) is 25.3 Å². The van der Waals surface area contributed by atoms with Gasteiger partial charge in [-0.1, -0.05) is 13.3 Å². The van der Waals surface area contributed by atoms with E-state index in [1.165, 1.54) is 5.56 Å². The molecule has 0 spiro atoms. The molecule has 1 heterocycles. The highest BCUT2D eigenvalue weighted by atomic mass is 35.5. The van der Waals surface area contributed by atoms with Crippen LogP contribution in [0, 0.1) is 5.41 Å². The van der Waals surface area contributed by atoms with E-state index in [0.29, 0.717) is 11.8 Å².